The predicted octanol–water partition coefficient (Wildman–Crippen LogP) is 8.77. The molecule has 0 aromatic rings. The fourth-order valence-corrected chi connectivity index (χ4v) is 3.44. The minimum atomic E-state index is 0.466. The Morgan fingerprint density at radius 2 is 1.38 bits per heavy atom. The van der Waals surface area contributed by atoms with Crippen LogP contribution in [-0.2, 0) is 4.74 Å². The molecule has 26 heavy (non-hydrogen) atoms. The van der Waals surface area contributed by atoms with Crippen LogP contribution in [-0.4, -0.2) is 18.0 Å². The predicted molar refractivity (Wildman–Crippen MR) is 122 cm³/mol. The third-order valence-corrected chi connectivity index (χ3v) is 5.29. The summed E-state index contributed by atoms with van der Waals surface area (Å²) >= 11 is 3.52. The van der Waals surface area contributed by atoms with Crippen LogP contribution in [0, 0.1) is 0 Å². The van der Waals surface area contributed by atoms with E-state index in [1.165, 1.54) is 89.9 Å². The number of hydrogen-bond acceptors (Lipinski definition) is 1. The Hall–Kier alpha value is -0.0800. The monoisotopic (exact) mass is 428 g/mol. The van der Waals surface area contributed by atoms with Crippen molar-refractivity contribution in [2.45, 2.75) is 116 Å². The van der Waals surface area contributed by atoms with Gasteiger partial charge in [0.15, 0.2) is 0 Å². The van der Waals surface area contributed by atoms with Crippen molar-refractivity contribution in [1.82, 2.24) is 0 Å². The van der Waals surface area contributed by atoms with Gasteiger partial charge in [0, 0.05) is 11.9 Å². The zero-order valence-electron chi connectivity index (χ0n) is 17.7. The molecule has 0 heterocycles. The molecule has 0 N–H and O–H groups in total. The Labute approximate surface area is 173 Å². The number of unbranched alkanes of at least 4 members (excludes halogenated alkanes) is 8. The highest BCUT2D eigenvalue weighted by Gasteiger charge is 2.08. The van der Waals surface area contributed by atoms with Gasteiger partial charge in [0.1, 0.15) is 0 Å². The highest BCUT2D eigenvalue weighted by Crippen LogP contribution is 2.15. The van der Waals surface area contributed by atoms with E-state index in [0.717, 1.165) is 18.4 Å². The average molecular weight is 430 g/mol. The Morgan fingerprint density at radius 1 is 0.692 bits per heavy atom. The highest BCUT2D eigenvalue weighted by molar-refractivity contribution is 9.09. The summed E-state index contributed by atoms with van der Waals surface area (Å²) in [5, 5.41) is 1.15. The zero-order chi connectivity index (χ0) is 19.1. The molecule has 0 saturated carbocycles. The molecule has 0 saturated heterocycles. The molecule has 0 aliphatic carbocycles. The second kappa shape index (κ2) is 23.0. The number of rotatable bonds is 20. The average Bonchev–Trinajstić information content (AvgIpc) is 2.65. The zero-order valence-corrected chi connectivity index (χ0v) is 19.3. The highest BCUT2D eigenvalue weighted by atomic mass is 79.9. The van der Waals surface area contributed by atoms with Gasteiger partial charge in [-0.25, -0.2) is 0 Å². The minimum absolute atomic E-state index is 0.466. The van der Waals surface area contributed by atoms with Crippen LogP contribution < -0.4 is 0 Å². The van der Waals surface area contributed by atoms with Gasteiger partial charge in [0.05, 0.1) is 6.10 Å². The molecule has 0 fully saturated rings. The molecular formula is C24H45BrO. The Bertz CT molecular complexity index is 311. The molecule has 0 aromatic heterocycles. The number of halogens is 1. The molecule has 1 atom stereocenters. The van der Waals surface area contributed by atoms with Crippen LogP contribution in [0.4, 0.5) is 0 Å². The lowest BCUT2D eigenvalue weighted by atomic mass is 10.0. The van der Waals surface area contributed by atoms with Gasteiger partial charge in [-0.2, -0.15) is 0 Å². The van der Waals surface area contributed by atoms with Gasteiger partial charge < -0.3 is 4.74 Å². The first-order valence-electron chi connectivity index (χ1n) is 11.3. The Balaban J connectivity index is 3.90. The van der Waals surface area contributed by atoms with Crippen molar-refractivity contribution in [3.05, 3.63) is 24.3 Å². The second-order valence-electron chi connectivity index (χ2n) is 7.30. The van der Waals surface area contributed by atoms with Crippen LogP contribution >= 0.6 is 15.9 Å². The van der Waals surface area contributed by atoms with Crippen molar-refractivity contribution in [1.29, 1.82) is 0 Å². The van der Waals surface area contributed by atoms with E-state index >= 15 is 0 Å². The Kier molecular flexibility index (Phi) is 22.9. The lowest BCUT2D eigenvalue weighted by Crippen LogP contribution is -2.13. The lowest BCUT2D eigenvalue weighted by molar-refractivity contribution is 0.0384. The van der Waals surface area contributed by atoms with E-state index in [0.29, 0.717) is 6.10 Å². The molecular weight excluding hydrogens is 384 g/mol. The van der Waals surface area contributed by atoms with Gasteiger partial charge in [-0.05, 0) is 57.8 Å². The summed E-state index contributed by atoms with van der Waals surface area (Å²) in [6, 6.07) is 0. The number of hydrogen-bond donors (Lipinski definition) is 0. The molecule has 0 radical (unpaired) electrons. The Morgan fingerprint density at radius 3 is 2.15 bits per heavy atom. The normalized spacial score (nSPS) is 13.2. The first-order chi connectivity index (χ1) is 12.8. The van der Waals surface area contributed by atoms with E-state index < -0.39 is 0 Å². The van der Waals surface area contributed by atoms with Gasteiger partial charge in [-0.3, -0.25) is 0 Å². The van der Waals surface area contributed by atoms with Gasteiger partial charge in [0.25, 0.3) is 0 Å². The quantitative estimate of drug-likeness (QED) is 0.107. The third kappa shape index (κ3) is 20.2. The number of allylic oxidation sites excluding steroid dienone is 4. The van der Waals surface area contributed by atoms with Crippen molar-refractivity contribution in [2.75, 3.05) is 11.9 Å². The van der Waals surface area contributed by atoms with Crippen LogP contribution in [0.2, 0.25) is 0 Å². The summed E-state index contributed by atoms with van der Waals surface area (Å²) in [5.74, 6) is 0. The lowest BCUT2D eigenvalue weighted by Gasteiger charge is -2.17. The third-order valence-electron chi connectivity index (χ3n) is 4.73. The number of alkyl halides is 1. The minimum Gasteiger partial charge on any atom is -0.378 e. The molecule has 0 bridgehead atoms. The van der Waals surface area contributed by atoms with E-state index in [2.05, 4.69) is 54.1 Å². The topological polar surface area (TPSA) is 9.23 Å². The fraction of sp³-hybridized carbons (Fsp3) is 0.833. The second-order valence-corrected chi connectivity index (χ2v) is 8.10. The van der Waals surface area contributed by atoms with Gasteiger partial charge >= 0.3 is 0 Å². The SMILES string of the molecule is CC/C=C\CCCCOC(CCC=CCCCC)CCCCCCCBr. The maximum Gasteiger partial charge on any atom is 0.0578 e. The smallest absolute Gasteiger partial charge is 0.0578 e. The molecule has 0 spiro atoms. The molecule has 0 amide bonds. The summed E-state index contributed by atoms with van der Waals surface area (Å²) in [6.07, 6.45) is 28.8. The fourth-order valence-electron chi connectivity index (χ4n) is 3.05. The molecule has 0 aliphatic heterocycles. The van der Waals surface area contributed by atoms with E-state index in [1.807, 2.05) is 0 Å². The van der Waals surface area contributed by atoms with Crippen molar-refractivity contribution in [3.63, 3.8) is 0 Å². The summed E-state index contributed by atoms with van der Waals surface area (Å²) in [5.41, 5.74) is 0. The molecule has 0 aliphatic rings. The van der Waals surface area contributed by atoms with E-state index in [9.17, 15) is 0 Å². The molecule has 0 rings (SSSR count). The molecule has 2 heteroatoms. The summed E-state index contributed by atoms with van der Waals surface area (Å²) in [6.45, 7) is 5.39. The van der Waals surface area contributed by atoms with Crippen molar-refractivity contribution >= 4 is 15.9 Å². The van der Waals surface area contributed by atoms with Crippen LogP contribution in [0.15, 0.2) is 24.3 Å². The maximum atomic E-state index is 6.24. The van der Waals surface area contributed by atoms with Crippen LogP contribution in [0.25, 0.3) is 0 Å². The molecule has 154 valence electrons. The first-order valence-corrected chi connectivity index (χ1v) is 12.4. The standard InChI is InChI=1S/C24H45BrO/c1-3-5-7-9-12-16-20-24(21-17-13-11-14-18-22-25)26-23-19-15-10-8-6-4-2/h6,8-9,12,24H,3-5,7,10-11,13-23H2,1-2H3/b8-6-,12-9?. The van der Waals surface area contributed by atoms with Crippen LogP contribution in [0.3, 0.4) is 0 Å². The van der Waals surface area contributed by atoms with E-state index in [1.54, 1.807) is 0 Å². The van der Waals surface area contributed by atoms with Crippen molar-refractivity contribution in [2.24, 2.45) is 0 Å². The van der Waals surface area contributed by atoms with Crippen LogP contribution in [0.5, 0.6) is 0 Å². The van der Waals surface area contributed by atoms with Gasteiger partial charge in [-0.1, -0.05) is 92.6 Å². The molecule has 0 aromatic carbocycles. The van der Waals surface area contributed by atoms with Crippen molar-refractivity contribution < 1.29 is 4.74 Å². The molecule has 1 nitrogen and oxygen atoms in total. The van der Waals surface area contributed by atoms with Crippen LogP contribution in [0.1, 0.15) is 110 Å². The maximum absolute atomic E-state index is 6.24. The summed E-state index contributed by atoms with van der Waals surface area (Å²) in [7, 11) is 0. The van der Waals surface area contributed by atoms with Gasteiger partial charge in [-0.15, -0.1) is 0 Å². The summed E-state index contributed by atoms with van der Waals surface area (Å²) < 4.78 is 6.24. The van der Waals surface area contributed by atoms with Gasteiger partial charge in [0.2, 0.25) is 0 Å². The largest absolute Gasteiger partial charge is 0.378 e. The number of ether oxygens (including phenoxy) is 1. The first kappa shape index (κ1) is 25.9. The van der Waals surface area contributed by atoms with E-state index in [-0.39, 0.29) is 0 Å². The van der Waals surface area contributed by atoms with Crippen molar-refractivity contribution in [3.8, 4) is 0 Å². The molecule has 1 unspecified atom stereocenters. The van der Waals surface area contributed by atoms with E-state index in [4.69, 9.17) is 4.74 Å². The summed E-state index contributed by atoms with van der Waals surface area (Å²) in [4.78, 5) is 0.